The quantitative estimate of drug-likeness (QED) is 0.693. The SMILES string of the molecule is c1ccc2nc(N3CC(Oc4nccnc4N4CCCCCC4)C3)ccc2c1. The number of benzene rings is 1. The van der Waals surface area contributed by atoms with Gasteiger partial charge in [-0.05, 0) is 31.0 Å². The van der Waals surface area contributed by atoms with Crippen molar-refractivity contribution in [1.82, 2.24) is 15.0 Å². The van der Waals surface area contributed by atoms with Crippen LogP contribution >= 0.6 is 0 Å². The summed E-state index contributed by atoms with van der Waals surface area (Å²) in [5.41, 5.74) is 1.03. The molecule has 6 heteroatoms. The van der Waals surface area contributed by atoms with Crippen molar-refractivity contribution in [1.29, 1.82) is 0 Å². The molecule has 0 amide bonds. The molecule has 2 aromatic heterocycles. The Morgan fingerprint density at radius 2 is 1.61 bits per heavy atom. The summed E-state index contributed by atoms with van der Waals surface area (Å²) in [6.07, 6.45) is 8.61. The number of hydrogen-bond donors (Lipinski definition) is 0. The van der Waals surface area contributed by atoms with Crippen LogP contribution in [-0.2, 0) is 0 Å². The van der Waals surface area contributed by atoms with Crippen LogP contribution in [0.1, 0.15) is 25.7 Å². The normalized spacial score (nSPS) is 18.0. The Morgan fingerprint density at radius 3 is 2.46 bits per heavy atom. The molecule has 0 saturated carbocycles. The van der Waals surface area contributed by atoms with E-state index in [4.69, 9.17) is 9.72 Å². The summed E-state index contributed by atoms with van der Waals surface area (Å²) >= 11 is 0. The third kappa shape index (κ3) is 3.46. The van der Waals surface area contributed by atoms with Gasteiger partial charge in [-0.15, -0.1) is 0 Å². The third-order valence-corrected chi connectivity index (χ3v) is 5.59. The lowest BCUT2D eigenvalue weighted by atomic mass is 10.1. The van der Waals surface area contributed by atoms with Crippen LogP contribution in [0.3, 0.4) is 0 Å². The number of anilines is 2. The number of para-hydroxylation sites is 1. The fourth-order valence-corrected chi connectivity index (χ4v) is 3.99. The molecule has 0 radical (unpaired) electrons. The highest BCUT2D eigenvalue weighted by Crippen LogP contribution is 2.29. The van der Waals surface area contributed by atoms with E-state index in [1.54, 1.807) is 12.4 Å². The van der Waals surface area contributed by atoms with E-state index in [-0.39, 0.29) is 6.10 Å². The Hall–Kier alpha value is -2.89. The number of fused-ring (bicyclic) bond motifs is 1. The molecule has 2 aliphatic rings. The van der Waals surface area contributed by atoms with Crippen molar-refractivity contribution in [3.05, 3.63) is 48.8 Å². The molecule has 0 bridgehead atoms. The van der Waals surface area contributed by atoms with E-state index in [1.165, 1.54) is 31.1 Å². The smallest absolute Gasteiger partial charge is 0.258 e. The second-order valence-corrected chi connectivity index (χ2v) is 7.59. The Kier molecular flexibility index (Phi) is 4.69. The molecule has 4 heterocycles. The average molecular weight is 375 g/mol. The zero-order valence-electron chi connectivity index (χ0n) is 16.0. The second-order valence-electron chi connectivity index (χ2n) is 7.59. The van der Waals surface area contributed by atoms with Crippen LogP contribution in [0.2, 0.25) is 0 Å². The van der Waals surface area contributed by atoms with Crippen molar-refractivity contribution in [2.45, 2.75) is 31.8 Å². The maximum Gasteiger partial charge on any atom is 0.258 e. The summed E-state index contributed by atoms with van der Waals surface area (Å²) in [6, 6.07) is 12.4. The molecule has 2 saturated heterocycles. The molecule has 5 rings (SSSR count). The van der Waals surface area contributed by atoms with Gasteiger partial charge in [0.1, 0.15) is 11.9 Å². The van der Waals surface area contributed by atoms with Crippen LogP contribution in [0.4, 0.5) is 11.6 Å². The molecule has 144 valence electrons. The van der Waals surface area contributed by atoms with Crippen LogP contribution in [-0.4, -0.2) is 47.2 Å². The predicted octanol–water partition coefficient (Wildman–Crippen LogP) is 3.67. The Balaban J connectivity index is 1.26. The van der Waals surface area contributed by atoms with Crippen molar-refractivity contribution >= 4 is 22.5 Å². The average Bonchev–Trinajstić information content (AvgIpc) is 3.00. The largest absolute Gasteiger partial charge is 0.468 e. The van der Waals surface area contributed by atoms with Crippen molar-refractivity contribution < 1.29 is 4.74 Å². The number of hydrogen-bond acceptors (Lipinski definition) is 6. The minimum absolute atomic E-state index is 0.121. The summed E-state index contributed by atoms with van der Waals surface area (Å²) in [4.78, 5) is 18.4. The van der Waals surface area contributed by atoms with Gasteiger partial charge in [-0.2, -0.15) is 0 Å². The molecule has 0 N–H and O–H groups in total. The van der Waals surface area contributed by atoms with Gasteiger partial charge in [0.25, 0.3) is 5.88 Å². The lowest BCUT2D eigenvalue weighted by molar-refractivity contribution is 0.160. The molecule has 0 unspecified atom stereocenters. The first-order valence-corrected chi connectivity index (χ1v) is 10.2. The van der Waals surface area contributed by atoms with E-state index in [2.05, 4.69) is 44.0 Å². The predicted molar refractivity (Wildman–Crippen MR) is 111 cm³/mol. The summed E-state index contributed by atoms with van der Waals surface area (Å²) in [6.45, 7) is 3.71. The van der Waals surface area contributed by atoms with Gasteiger partial charge < -0.3 is 14.5 Å². The van der Waals surface area contributed by atoms with Gasteiger partial charge in [0.15, 0.2) is 5.82 Å². The van der Waals surface area contributed by atoms with Gasteiger partial charge in [-0.1, -0.05) is 31.0 Å². The molecule has 2 aliphatic heterocycles. The highest BCUT2D eigenvalue weighted by molar-refractivity contribution is 5.80. The summed E-state index contributed by atoms with van der Waals surface area (Å²) in [5.74, 6) is 2.57. The van der Waals surface area contributed by atoms with E-state index in [0.29, 0.717) is 5.88 Å². The van der Waals surface area contributed by atoms with Gasteiger partial charge in [0, 0.05) is 30.9 Å². The first kappa shape index (κ1) is 17.2. The molecule has 6 nitrogen and oxygen atoms in total. The molecular weight excluding hydrogens is 350 g/mol. The molecular formula is C22H25N5O. The fraction of sp³-hybridized carbons (Fsp3) is 0.409. The third-order valence-electron chi connectivity index (χ3n) is 5.59. The molecule has 0 aliphatic carbocycles. The maximum atomic E-state index is 6.23. The van der Waals surface area contributed by atoms with Crippen molar-refractivity contribution in [2.75, 3.05) is 36.0 Å². The van der Waals surface area contributed by atoms with Crippen LogP contribution in [0, 0.1) is 0 Å². The number of ether oxygens (including phenoxy) is 1. The second kappa shape index (κ2) is 7.62. The van der Waals surface area contributed by atoms with Gasteiger partial charge in [0.2, 0.25) is 0 Å². The Labute approximate surface area is 165 Å². The zero-order valence-corrected chi connectivity index (χ0v) is 16.0. The topological polar surface area (TPSA) is 54.4 Å². The number of nitrogens with zero attached hydrogens (tertiary/aromatic N) is 5. The van der Waals surface area contributed by atoms with E-state index in [1.807, 2.05) is 12.1 Å². The summed E-state index contributed by atoms with van der Waals surface area (Å²) in [5, 5.41) is 1.17. The van der Waals surface area contributed by atoms with Gasteiger partial charge in [-0.25, -0.2) is 15.0 Å². The monoisotopic (exact) mass is 375 g/mol. The molecule has 3 aromatic rings. The number of pyridine rings is 1. The van der Waals surface area contributed by atoms with Gasteiger partial charge in [-0.3, -0.25) is 0 Å². The Morgan fingerprint density at radius 1 is 0.821 bits per heavy atom. The first-order chi connectivity index (χ1) is 13.9. The standard InChI is InChI=1S/C22H25N5O/c1-2-6-14-26(13-5-1)21-22(24-12-11-23-21)28-18-15-27(16-18)20-10-9-17-7-3-4-8-19(17)25-20/h3-4,7-12,18H,1-2,5-6,13-16H2. The van der Waals surface area contributed by atoms with Crippen LogP contribution in [0.25, 0.3) is 10.9 Å². The minimum Gasteiger partial charge on any atom is -0.468 e. The summed E-state index contributed by atoms with van der Waals surface area (Å²) in [7, 11) is 0. The highest BCUT2D eigenvalue weighted by Gasteiger charge is 2.31. The van der Waals surface area contributed by atoms with E-state index < -0.39 is 0 Å². The molecule has 0 atom stereocenters. The van der Waals surface area contributed by atoms with Crippen LogP contribution < -0.4 is 14.5 Å². The van der Waals surface area contributed by atoms with E-state index in [0.717, 1.165) is 43.3 Å². The van der Waals surface area contributed by atoms with E-state index >= 15 is 0 Å². The lowest BCUT2D eigenvalue weighted by Crippen LogP contribution is -2.54. The van der Waals surface area contributed by atoms with Crippen molar-refractivity contribution in [3.63, 3.8) is 0 Å². The Bertz CT molecular complexity index is 948. The van der Waals surface area contributed by atoms with Gasteiger partial charge >= 0.3 is 0 Å². The van der Waals surface area contributed by atoms with Crippen LogP contribution in [0.5, 0.6) is 5.88 Å². The first-order valence-electron chi connectivity index (χ1n) is 10.2. The molecule has 1 aromatic carbocycles. The molecule has 2 fully saturated rings. The van der Waals surface area contributed by atoms with Crippen molar-refractivity contribution in [3.8, 4) is 5.88 Å². The van der Waals surface area contributed by atoms with Crippen LogP contribution in [0.15, 0.2) is 48.8 Å². The summed E-state index contributed by atoms with van der Waals surface area (Å²) < 4.78 is 6.23. The molecule has 28 heavy (non-hydrogen) atoms. The van der Waals surface area contributed by atoms with Crippen molar-refractivity contribution in [2.24, 2.45) is 0 Å². The molecule has 0 spiro atoms. The number of rotatable bonds is 4. The highest BCUT2D eigenvalue weighted by atomic mass is 16.5. The lowest BCUT2D eigenvalue weighted by Gasteiger charge is -2.40. The number of aromatic nitrogens is 3. The minimum atomic E-state index is 0.121. The van der Waals surface area contributed by atoms with E-state index in [9.17, 15) is 0 Å². The van der Waals surface area contributed by atoms with Gasteiger partial charge in [0.05, 0.1) is 18.6 Å². The fourth-order valence-electron chi connectivity index (χ4n) is 3.99. The maximum absolute atomic E-state index is 6.23. The zero-order chi connectivity index (χ0) is 18.8.